The molecule has 1 aliphatic heterocycles. The van der Waals surface area contributed by atoms with Gasteiger partial charge in [0.05, 0.1) is 12.8 Å². The second-order valence-corrected chi connectivity index (χ2v) is 7.63. The molecule has 11 heteroatoms. The van der Waals surface area contributed by atoms with E-state index in [1.807, 2.05) is 0 Å². The smallest absolute Gasteiger partial charge is 0.435 e. The predicted molar refractivity (Wildman–Crippen MR) is 108 cm³/mol. The number of methoxy groups -OCH3 is 1. The van der Waals surface area contributed by atoms with E-state index >= 15 is 0 Å². The molecule has 1 N–H and O–H groups in total. The first-order valence-electron chi connectivity index (χ1n) is 8.72. The highest BCUT2D eigenvalue weighted by Gasteiger charge is 2.62. The Kier molecular flexibility index (Phi) is 6.20. The minimum absolute atomic E-state index is 0.0296. The van der Waals surface area contributed by atoms with E-state index in [2.05, 4.69) is 15.0 Å². The van der Waals surface area contributed by atoms with Crippen molar-refractivity contribution in [3.8, 4) is 0 Å². The van der Waals surface area contributed by atoms with Crippen LogP contribution in [0.25, 0.3) is 0 Å². The molecule has 1 aliphatic rings. The van der Waals surface area contributed by atoms with Crippen molar-refractivity contribution < 1.29 is 32.7 Å². The van der Waals surface area contributed by atoms with Crippen LogP contribution in [0.4, 0.5) is 13.2 Å². The van der Waals surface area contributed by atoms with Gasteiger partial charge in [0.2, 0.25) is 0 Å². The van der Waals surface area contributed by atoms with Crippen LogP contribution in [0.1, 0.15) is 28.7 Å². The molecule has 0 fully saturated rings. The average molecular weight is 475 g/mol. The molecule has 0 aliphatic carbocycles. The molecule has 31 heavy (non-hydrogen) atoms. The van der Waals surface area contributed by atoms with Crippen LogP contribution in [0.3, 0.4) is 0 Å². The summed E-state index contributed by atoms with van der Waals surface area (Å²) in [5, 5.41) is 15.8. The Morgan fingerprint density at radius 3 is 2.39 bits per heavy atom. The first-order valence-corrected chi connectivity index (χ1v) is 9.48. The van der Waals surface area contributed by atoms with Gasteiger partial charge in [-0.05, 0) is 42.3 Å². The van der Waals surface area contributed by atoms with Crippen molar-refractivity contribution in [1.29, 1.82) is 0 Å². The van der Waals surface area contributed by atoms with E-state index in [0.29, 0.717) is 11.1 Å². The first kappa shape index (κ1) is 22.9. The van der Waals surface area contributed by atoms with Crippen LogP contribution in [-0.2, 0) is 20.0 Å². The molecule has 0 amide bonds. The molecule has 6 nitrogen and oxygen atoms in total. The van der Waals surface area contributed by atoms with Gasteiger partial charge in [0.25, 0.3) is 5.60 Å². The number of oxime groups is 2. The van der Waals surface area contributed by atoms with Gasteiger partial charge in [-0.15, -0.1) is 0 Å². The van der Waals surface area contributed by atoms with Gasteiger partial charge in [-0.3, -0.25) is 0 Å². The second-order valence-electron chi connectivity index (χ2n) is 6.76. The van der Waals surface area contributed by atoms with Gasteiger partial charge < -0.3 is 14.8 Å². The van der Waals surface area contributed by atoms with Crippen LogP contribution >= 0.6 is 23.2 Å². The highest BCUT2D eigenvalue weighted by atomic mass is 35.5. The molecule has 164 valence electrons. The fraction of sp³-hybridized carbons (Fsp3) is 0.250. The van der Waals surface area contributed by atoms with Crippen molar-refractivity contribution in [3.05, 3.63) is 68.7 Å². The van der Waals surface area contributed by atoms with E-state index in [-0.39, 0.29) is 32.6 Å². The number of hydrogen-bond donors (Lipinski definition) is 1. The summed E-state index contributed by atoms with van der Waals surface area (Å²) in [6, 6.07) is 7.95. The van der Waals surface area contributed by atoms with E-state index in [1.54, 1.807) is 6.92 Å². The van der Waals surface area contributed by atoms with Crippen molar-refractivity contribution >= 4 is 40.6 Å². The summed E-state index contributed by atoms with van der Waals surface area (Å²) >= 11 is 11.8. The number of carbonyl (C=O) groups is 1. The molecule has 0 spiro atoms. The monoisotopic (exact) mass is 474 g/mol. The van der Waals surface area contributed by atoms with E-state index in [1.165, 1.54) is 24.3 Å². The lowest BCUT2D eigenvalue weighted by Crippen LogP contribution is -2.42. The third-order valence-electron chi connectivity index (χ3n) is 4.81. The van der Waals surface area contributed by atoms with Crippen LogP contribution in [0.15, 0.2) is 46.7 Å². The zero-order valence-corrected chi connectivity index (χ0v) is 17.6. The number of benzene rings is 2. The van der Waals surface area contributed by atoms with Gasteiger partial charge in [-0.25, -0.2) is 4.79 Å². The first-order chi connectivity index (χ1) is 14.5. The number of carbonyl (C=O) groups excluding carboxylic acids is 1. The van der Waals surface area contributed by atoms with Crippen LogP contribution in [0.2, 0.25) is 10.0 Å². The van der Waals surface area contributed by atoms with Crippen molar-refractivity contribution in [2.75, 3.05) is 7.11 Å². The minimum atomic E-state index is -4.82. The highest BCUT2D eigenvalue weighted by molar-refractivity contribution is 6.43. The molecule has 2 aromatic rings. The maximum absolute atomic E-state index is 14.1. The third-order valence-corrected chi connectivity index (χ3v) is 5.24. The highest BCUT2D eigenvalue weighted by Crippen LogP contribution is 2.49. The fourth-order valence-electron chi connectivity index (χ4n) is 3.26. The third kappa shape index (κ3) is 4.20. The normalized spacial score (nSPS) is 19.1. The van der Waals surface area contributed by atoms with Crippen LogP contribution < -0.4 is 0 Å². The topological polar surface area (TPSA) is 80.5 Å². The van der Waals surface area contributed by atoms with E-state index in [0.717, 1.165) is 19.2 Å². The van der Waals surface area contributed by atoms with Crippen molar-refractivity contribution in [2.45, 2.75) is 25.1 Å². The minimum Gasteiger partial charge on any atom is -0.464 e. The van der Waals surface area contributed by atoms with E-state index in [9.17, 15) is 18.0 Å². The molecule has 0 saturated heterocycles. The summed E-state index contributed by atoms with van der Waals surface area (Å²) in [7, 11) is 1.13. The molecule has 2 aromatic carbocycles. The largest absolute Gasteiger partial charge is 0.464 e. The molecule has 1 heterocycles. The maximum atomic E-state index is 14.1. The molecule has 0 saturated carbocycles. The van der Waals surface area contributed by atoms with Crippen LogP contribution in [0, 0.1) is 6.92 Å². The number of ether oxygens (including phenoxy) is 1. The van der Waals surface area contributed by atoms with Gasteiger partial charge in [0.1, 0.15) is 0 Å². The van der Waals surface area contributed by atoms with Gasteiger partial charge in [-0.1, -0.05) is 45.6 Å². The van der Waals surface area contributed by atoms with Gasteiger partial charge >= 0.3 is 12.1 Å². The Morgan fingerprint density at radius 2 is 1.87 bits per heavy atom. The molecular formula is C20H15Cl2F3N2O4. The number of hydrogen-bond acceptors (Lipinski definition) is 6. The molecule has 1 atom stereocenters. The summed E-state index contributed by atoms with van der Waals surface area (Å²) in [5.41, 5.74) is -2.30. The van der Waals surface area contributed by atoms with E-state index in [4.69, 9.17) is 33.2 Å². The standard InChI is InChI=1S/C20H15Cl2F3N2O4/c1-10-5-11(3-4-15(10)17(26-29)18(28)30-2)16-9-19(31-27-16,20(23,24)25)12-6-13(21)8-14(22)7-12/h3-8,29H,9H2,1-2H3/b26-17+. The van der Waals surface area contributed by atoms with Gasteiger partial charge in [-0.2, -0.15) is 13.2 Å². The Morgan fingerprint density at radius 1 is 1.23 bits per heavy atom. The van der Waals surface area contributed by atoms with Crippen molar-refractivity contribution in [1.82, 2.24) is 0 Å². The Labute approximate surface area is 184 Å². The molecule has 0 aromatic heterocycles. The number of rotatable bonds is 4. The number of halogens is 5. The summed E-state index contributed by atoms with van der Waals surface area (Å²) < 4.78 is 46.8. The van der Waals surface area contributed by atoms with Crippen molar-refractivity contribution in [2.24, 2.45) is 10.3 Å². The predicted octanol–water partition coefficient (Wildman–Crippen LogP) is 5.24. The van der Waals surface area contributed by atoms with Gasteiger partial charge in [0, 0.05) is 27.6 Å². The maximum Gasteiger partial charge on any atom is 0.435 e. The van der Waals surface area contributed by atoms with E-state index < -0.39 is 24.2 Å². The second kappa shape index (κ2) is 8.39. The molecular weight excluding hydrogens is 460 g/mol. The summed E-state index contributed by atoms with van der Waals surface area (Å²) in [4.78, 5) is 16.7. The number of nitrogens with zero attached hydrogens (tertiary/aromatic N) is 2. The average Bonchev–Trinajstić information content (AvgIpc) is 3.15. The van der Waals surface area contributed by atoms with Crippen LogP contribution in [-0.4, -0.2) is 35.9 Å². The number of esters is 1. The van der Waals surface area contributed by atoms with Crippen LogP contribution in [0.5, 0.6) is 0 Å². The number of aryl methyl sites for hydroxylation is 1. The summed E-state index contributed by atoms with van der Waals surface area (Å²) in [5.74, 6) is -0.867. The quantitative estimate of drug-likeness (QED) is 0.284. The molecule has 0 radical (unpaired) electrons. The van der Waals surface area contributed by atoms with Gasteiger partial charge in [0.15, 0.2) is 5.71 Å². The molecule has 1 unspecified atom stereocenters. The Bertz CT molecular complexity index is 1080. The summed E-state index contributed by atoms with van der Waals surface area (Å²) in [6.45, 7) is 1.59. The number of alkyl halides is 3. The fourth-order valence-corrected chi connectivity index (χ4v) is 3.78. The lowest BCUT2D eigenvalue weighted by atomic mass is 9.86. The summed E-state index contributed by atoms with van der Waals surface area (Å²) in [6.07, 6.45) is -5.44. The Balaban J connectivity index is 1.99. The molecule has 3 rings (SSSR count). The zero-order valence-electron chi connectivity index (χ0n) is 16.1. The Hall–Kier alpha value is -2.78. The lowest BCUT2D eigenvalue weighted by Gasteiger charge is -2.29. The zero-order chi connectivity index (χ0) is 23.0. The van der Waals surface area contributed by atoms with Crippen molar-refractivity contribution in [3.63, 3.8) is 0 Å². The lowest BCUT2D eigenvalue weighted by molar-refractivity contribution is -0.275. The SMILES string of the molecule is COC(=O)/C(=N/O)c1ccc(C2=NOC(c3cc(Cl)cc(Cl)c3)(C(F)(F)F)C2)cc1C. The molecule has 0 bridgehead atoms.